The van der Waals surface area contributed by atoms with E-state index in [4.69, 9.17) is 0 Å². The van der Waals surface area contributed by atoms with Crippen LogP contribution in [0.15, 0.2) is 53.4 Å². The molecule has 3 atom stereocenters. The van der Waals surface area contributed by atoms with E-state index in [2.05, 4.69) is 24.4 Å². The van der Waals surface area contributed by atoms with Gasteiger partial charge in [0, 0.05) is 33.6 Å². The van der Waals surface area contributed by atoms with E-state index < -0.39 is 10.8 Å². The van der Waals surface area contributed by atoms with Gasteiger partial charge >= 0.3 is 0 Å². The van der Waals surface area contributed by atoms with Crippen LogP contribution >= 0.6 is 0 Å². The highest BCUT2D eigenvalue weighted by Crippen LogP contribution is 2.48. The number of carbonyl (C=O) groups excluding carboxylic acids is 1. The summed E-state index contributed by atoms with van der Waals surface area (Å²) in [6.45, 7) is 2.09. The highest BCUT2D eigenvalue weighted by molar-refractivity contribution is 7.84. The highest BCUT2D eigenvalue weighted by atomic mass is 32.2. The summed E-state index contributed by atoms with van der Waals surface area (Å²) in [4.78, 5) is 13.1. The Balaban J connectivity index is 1.64. The van der Waals surface area contributed by atoms with Crippen LogP contribution in [0, 0.1) is 12.8 Å². The zero-order valence-electron chi connectivity index (χ0n) is 12.7. The van der Waals surface area contributed by atoms with E-state index in [-0.39, 0.29) is 11.8 Å². The summed E-state index contributed by atoms with van der Waals surface area (Å²) in [5.74, 6) is 0.461. The Labute approximate surface area is 133 Å². The van der Waals surface area contributed by atoms with Crippen LogP contribution in [0.25, 0.3) is 0 Å². The van der Waals surface area contributed by atoms with Crippen molar-refractivity contribution in [2.45, 2.75) is 24.2 Å². The molecule has 1 N–H and O–H groups in total. The Morgan fingerprint density at radius 2 is 1.82 bits per heavy atom. The predicted molar refractivity (Wildman–Crippen MR) is 89.4 cm³/mol. The number of anilines is 1. The monoisotopic (exact) mass is 313 g/mol. The van der Waals surface area contributed by atoms with E-state index in [1.165, 1.54) is 11.1 Å². The quantitative estimate of drug-likeness (QED) is 0.939. The number of hydrogen-bond acceptors (Lipinski definition) is 2. The molecular weight excluding hydrogens is 294 g/mol. The summed E-state index contributed by atoms with van der Waals surface area (Å²) in [6, 6.07) is 15.4. The third-order valence-electron chi connectivity index (χ3n) is 4.17. The number of carbonyl (C=O) groups is 1. The Morgan fingerprint density at radius 3 is 2.45 bits per heavy atom. The fourth-order valence-corrected chi connectivity index (χ4v) is 3.32. The Bertz CT molecular complexity index is 724. The standard InChI is InChI=1S/C18H19NO2S/c1-12-5-3-4-6-15(12)16-11-17(16)18(20)19-13-7-9-14(10-8-13)22(2)21/h3-10,16-17H,11H2,1-2H3,(H,19,20). The molecule has 2 aromatic carbocycles. The Hall–Kier alpha value is -1.94. The number of nitrogens with one attached hydrogen (secondary N) is 1. The number of benzene rings is 2. The summed E-state index contributed by atoms with van der Waals surface area (Å²) in [5.41, 5.74) is 3.28. The van der Waals surface area contributed by atoms with Crippen LogP contribution in [0.5, 0.6) is 0 Å². The average Bonchev–Trinajstić information content (AvgIpc) is 3.28. The van der Waals surface area contributed by atoms with Gasteiger partial charge in [0.2, 0.25) is 5.91 Å². The Morgan fingerprint density at radius 1 is 1.14 bits per heavy atom. The van der Waals surface area contributed by atoms with E-state index in [9.17, 15) is 9.00 Å². The minimum absolute atomic E-state index is 0.0566. The van der Waals surface area contributed by atoms with Crippen molar-refractivity contribution in [3.05, 3.63) is 59.7 Å². The molecule has 0 radical (unpaired) electrons. The lowest BCUT2D eigenvalue weighted by Crippen LogP contribution is -2.14. The first-order valence-corrected chi connectivity index (χ1v) is 8.92. The predicted octanol–water partition coefficient (Wildman–Crippen LogP) is 3.47. The molecular formula is C18H19NO2S. The molecule has 0 heterocycles. The van der Waals surface area contributed by atoms with E-state index in [0.29, 0.717) is 5.92 Å². The molecule has 1 aliphatic carbocycles. The molecule has 1 fully saturated rings. The maximum atomic E-state index is 12.3. The van der Waals surface area contributed by atoms with Crippen LogP contribution in [0.3, 0.4) is 0 Å². The molecule has 3 rings (SSSR count). The lowest BCUT2D eigenvalue weighted by atomic mass is 10.0. The second-order valence-electron chi connectivity index (χ2n) is 5.77. The van der Waals surface area contributed by atoms with Gasteiger partial charge in [0.1, 0.15) is 0 Å². The largest absolute Gasteiger partial charge is 0.326 e. The number of aryl methyl sites for hydroxylation is 1. The summed E-state index contributed by atoms with van der Waals surface area (Å²) in [7, 11) is -0.992. The van der Waals surface area contributed by atoms with Gasteiger partial charge in [-0.3, -0.25) is 9.00 Å². The van der Waals surface area contributed by atoms with Gasteiger partial charge in [-0.1, -0.05) is 24.3 Å². The third kappa shape index (κ3) is 3.12. The van der Waals surface area contributed by atoms with E-state index in [1.54, 1.807) is 30.5 Å². The summed E-state index contributed by atoms with van der Waals surface area (Å²) in [5, 5.41) is 2.95. The SMILES string of the molecule is Cc1ccccc1C1CC1C(=O)Nc1ccc(S(C)=O)cc1. The van der Waals surface area contributed by atoms with Crippen molar-refractivity contribution in [1.82, 2.24) is 0 Å². The van der Waals surface area contributed by atoms with Crippen molar-refractivity contribution >= 4 is 22.4 Å². The molecule has 1 saturated carbocycles. The smallest absolute Gasteiger partial charge is 0.228 e. The van der Waals surface area contributed by atoms with Crippen LogP contribution in [0.1, 0.15) is 23.5 Å². The van der Waals surface area contributed by atoms with E-state index in [1.807, 2.05) is 12.1 Å². The van der Waals surface area contributed by atoms with E-state index >= 15 is 0 Å². The zero-order chi connectivity index (χ0) is 15.7. The number of hydrogen-bond donors (Lipinski definition) is 1. The molecule has 0 bridgehead atoms. The van der Waals surface area contributed by atoms with Gasteiger partial charge in [0.05, 0.1) is 0 Å². The van der Waals surface area contributed by atoms with Gasteiger partial charge in [0.25, 0.3) is 0 Å². The molecule has 114 valence electrons. The van der Waals surface area contributed by atoms with Crippen LogP contribution in [-0.2, 0) is 15.6 Å². The summed E-state index contributed by atoms with van der Waals surface area (Å²) >= 11 is 0. The fraction of sp³-hybridized carbons (Fsp3) is 0.278. The third-order valence-corrected chi connectivity index (χ3v) is 5.10. The molecule has 1 amide bonds. The molecule has 2 aromatic rings. The molecule has 1 aliphatic rings. The first-order chi connectivity index (χ1) is 10.6. The maximum Gasteiger partial charge on any atom is 0.228 e. The minimum atomic E-state index is -0.992. The summed E-state index contributed by atoms with van der Waals surface area (Å²) in [6.07, 6.45) is 2.55. The van der Waals surface area contributed by atoms with Gasteiger partial charge in [-0.15, -0.1) is 0 Å². The van der Waals surface area contributed by atoms with E-state index in [0.717, 1.165) is 17.0 Å². The van der Waals surface area contributed by atoms with Crippen LogP contribution in [0.4, 0.5) is 5.69 Å². The number of rotatable bonds is 4. The van der Waals surface area contributed by atoms with Crippen molar-refractivity contribution in [3.63, 3.8) is 0 Å². The van der Waals surface area contributed by atoms with Crippen LogP contribution < -0.4 is 5.32 Å². The second kappa shape index (κ2) is 6.05. The van der Waals surface area contributed by atoms with Crippen molar-refractivity contribution in [2.24, 2.45) is 5.92 Å². The topological polar surface area (TPSA) is 46.2 Å². The van der Waals surface area contributed by atoms with Crippen LogP contribution in [0.2, 0.25) is 0 Å². The lowest BCUT2D eigenvalue weighted by molar-refractivity contribution is -0.117. The van der Waals surface area contributed by atoms with Crippen molar-refractivity contribution < 1.29 is 9.00 Å². The van der Waals surface area contributed by atoms with Gasteiger partial charge in [0.15, 0.2) is 0 Å². The molecule has 0 aliphatic heterocycles. The molecule has 0 spiro atoms. The molecule has 22 heavy (non-hydrogen) atoms. The average molecular weight is 313 g/mol. The number of amides is 1. The lowest BCUT2D eigenvalue weighted by Gasteiger charge is -2.07. The normalized spacial score (nSPS) is 21.2. The van der Waals surface area contributed by atoms with Gasteiger partial charge in [-0.25, -0.2) is 0 Å². The fourth-order valence-electron chi connectivity index (χ4n) is 2.80. The van der Waals surface area contributed by atoms with Gasteiger partial charge in [-0.05, 0) is 54.7 Å². The van der Waals surface area contributed by atoms with Crippen molar-refractivity contribution in [1.29, 1.82) is 0 Å². The van der Waals surface area contributed by atoms with Crippen molar-refractivity contribution in [3.8, 4) is 0 Å². The first-order valence-electron chi connectivity index (χ1n) is 7.36. The van der Waals surface area contributed by atoms with Crippen molar-refractivity contribution in [2.75, 3.05) is 11.6 Å². The zero-order valence-corrected chi connectivity index (χ0v) is 13.5. The van der Waals surface area contributed by atoms with Crippen LogP contribution in [-0.4, -0.2) is 16.4 Å². The van der Waals surface area contributed by atoms with Gasteiger partial charge in [-0.2, -0.15) is 0 Å². The molecule has 0 aromatic heterocycles. The highest BCUT2D eigenvalue weighted by Gasteiger charge is 2.44. The van der Waals surface area contributed by atoms with Gasteiger partial charge < -0.3 is 5.32 Å². The molecule has 0 saturated heterocycles. The Kier molecular flexibility index (Phi) is 4.12. The summed E-state index contributed by atoms with van der Waals surface area (Å²) < 4.78 is 11.4. The molecule has 3 nitrogen and oxygen atoms in total. The molecule has 3 unspecified atom stereocenters. The minimum Gasteiger partial charge on any atom is -0.326 e. The maximum absolute atomic E-state index is 12.3. The first kappa shape index (κ1) is 15.0. The molecule has 4 heteroatoms. The second-order valence-corrected chi connectivity index (χ2v) is 7.15.